The summed E-state index contributed by atoms with van der Waals surface area (Å²) in [7, 11) is 1.52. The Labute approximate surface area is 127 Å². The second-order valence-corrected chi connectivity index (χ2v) is 5.14. The van der Waals surface area contributed by atoms with Crippen molar-refractivity contribution in [3.05, 3.63) is 53.1 Å². The molecule has 1 aliphatic rings. The standard InChI is InChI=1S/C16H14ClNO3/c1-18-16(19)21-14-9-11-3-2-4-13(15(11)20-14)10-5-7-12(17)8-6-10/h2-8,14H,9H2,1H3,(H,18,19). The molecular weight excluding hydrogens is 290 g/mol. The maximum absolute atomic E-state index is 11.3. The van der Waals surface area contributed by atoms with Crippen LogP contribution in [0, 0.1) is 0 Å². The maximum atomic E-state index is 11.3. The van der Waals surface area contributed by atoms with E-state index in [2.05, 4.69) is 5.32 Å². The third kappa shape index (κ3) is 2.81. The van der Waals surface area contributed by atoms with Gasteiger partial charge in [0.05, 0.1) is 6.42 Å². The second-order valence-electron chi connectivity index (χ2n) is 4.71. The molecule has 2 aromatic rings. The highest BCUT2D eigenvalue weighted by Gasteiger charge is 2.28. The van der Waals surface area contributed by atoms with Crippen molar-refractivity contribution in [2.24, 2.45) is 0 Å². The molecule has 1 amide bonds. The molecule has 1 heterocycles. The van der Waals surface area contributed by atoms with Crippen LogP contribution in [0.3, 0.4) is 0 Å². The summed E-state index contributed by atoms with van der Waals surface area (Å²) < 4.78 is 10.9. The van der Waals surface area contributed by atoms with Crippen molar-refractivity contribution >= 4 is 17.7 Å². The number of hydrogen-bond acceptors (Lipinski definition) is 3. The van der Waals surface area contributed by atoms with E-state index in [4.69, 9.17) is 21.1 Å². The van der Waals surface area contributed by atoms with Gasteiger partial charge >= 0.3 is 6.09 Å². The lowest BCUT2D eigenvalue weighted by atomic mass is 10.0. The van der Waals surface area contributed by atoms with Gasteiger partial charge in [0.1, 0.15) is 5.75 Å². The Bertz CT molecular complexity index is 670. The number of amides is 1. The van der Waals surface area contributed by atoms with Gasteiger partial charge in [-0.05, 0) is 17.7 Å². The fourth-order valence-electron chi connectivity index (χ4n) is 2.34. The maximum Gasteiger partial charge on any atom is 0.409 e. The average Bonchev–Trinajstić information content (AvgIpc) is 2.90. The molecule has 1 atom stereocenters. The van der Waals surface area contributed by atoms with Crippen molar-refractivity contribution in [2.45, 2.75) is 12.7 Å². The van der Waals surface area contributed by atoms with Crippen LogP contribution >= 0.6 is 11.6 Å². The first-order valence-corrected chi connectivity index (χ1v) is 6.98. The third-order valence-electron chi connectivity index (χ3n) is 3.33. The fourth-order valence-corrected chi connectivity index (χ4v) is 2.46. The molecule has 0 aliphatic carbocycles. The van der Waals surface area contributed by atoms with E-state index < -0.39 is 12.4 Å². The van der Waals surface area contributed by atoms with E-state index in [9.17, 15) is 4.79 Å². The number of fused-ring (bicyclic) bond motifs is 1. The number of benzene rings is 2. The first kappa shape index (κ1) is 13.8. The van der Waals surface area contributed by atoms with Crippen LogP contribution in [-0.2, 0) is 11.2 Å². The highest BCUT2D eigenvalue weighted by molar-refractivity contribution is 6.30. The molecule has 5 heteroatoms. The van der Waals surface area contributed by atoms with Gasteiger partial charge in [0.2, 0.25) is 6.29 Å². The zero-order valence-electron chi connectivity index (χ0n) is 11.4. The van der Waals surface area contributed by atoms with Crippen LogP contribution < -0.4 is 10.1 Å². The van der Waals surface area contributed by atoms with Gasteiger partial charge in [-0.25, -0.2) is 4.79 Å². The number of alkyl carbamates (subject to hydrolysis) is 1. The van der Waals surface area contributed by atoms with Gasteiger partial charge in [-0.1, -0.05) is 41.9 Å². The SMILES string of the molecule is CNC(=O)OC1Cc2cccc(-c3ccc(Cl)cc3)c2O1. The summed E-state index contributed by atoms with van der Waals surface area (Å²) in [4.78, 5) is 11.3. The number of hydrogen-bond donors (Lipinski definition) is 1. The van der Waals surface area contributed by atoms with Crippen LogP contribution in [0.5, 0.6) is 5.75 Å². The van der Waals surface area contributed by atoms with E-state index >= 15 is 0 Å². The first-order valence-electron chi connectivity index (χ1n) is 6.60. The largest absolute Gasteiger partial charge is 0.453 e. The van der Waals surface area contributed by atoms with Crippen LogP contribution in [0.25, 0.3) is 11.1 Å². The Morgan fingerprint density at radius 3 is 2.76 bits per heavy atom. The van der Waals surface area contributed by atoms with Crippen molar-refractivity contribution in [3.8, 4) is 16.9 Å². The van der Waals surface area contributed by atoms with Crippen molar-refractivity contribution in [1.29, 1.82) is 0 Å². The Hall–Kier alpha value is -2.20. The summed E-state index contributed by atoms with van der Waals surface area (Å²) in [6, 6.07) is 13.5. The smallest absolute Gasteiger partial charge is 0.409 e. The van der Waals surface area contributed by atoms with Gasteiger partial charge in [0.15, 0.2) is 0 Å². The Morgan fingerprint density at radius 2 is 2.05 bits per heavy atom. The van der Waals surface area contributed by atoms with Gasteiger partial charge in [0.25, 0.3) is 0 Å². The number of para-hydroxylation sites is 1. The minimum absolute atomic E-state index is 0.499. The summed E-state index contributed by atoms with van der Waals surface area (Å²) >= 11 is 5.92. The summed E-state index contributed by atoms with van der Waals surface area (Å²) in [6.45, 7) is 0. The second kappa shape index (κ2) is 5.66. The van der Waals surface area contributed by atoms with E-state index in [0.717, 1.165) is 22.4 Å². The number of halogens is 1. The lowest BCUT2D eigenvalue weighted by molar-refractivity contribution is -0.0153. The Kier molecular flexibility index (Phi) is 3.71. The van der Waals surface area contributed by atoms with E-state index in [0.29, 0.717) is 11.4 Å². The topological polar surface area (TPSA) is 47.6 Å². The molecule has 0 saturated carbocycles. The van der Waals surface area contributed by atoms with Crippen molar-refractivity contribution in [3.63, 3.8) is 0 Å². The molecular formula is C16H14ClNO3. The molecule has 0 spiro atoms. The average molecular weight is 304 g/mol. The molecule has 21 heavy (non-hydrogen) atoms. The molecule has 108 valence electrons. The van der Waals surface area contributed by atoms with Crippen LogP contribution in [0.15, 0.2) is 42.5 Å². The quantitative estimate of drug-likeness (QED) is 0.921. The molecule has 4 nitrogen and oxygen atoms in total. The monoisotopic (exact) mass is 303 g/mol. The van der Waals surface area contributed by atoms with Crippen molar-refractivity contribution in [1.82, 2.24) is 5.32 Å². The number of carbonyl (C=O) groups is 1. The predicted octanol–water partition coefficient (Wildman–Crippen LogP) is 3.62. The van der Waals surface area contributed by atoms with Crippen molar-refractivity contribution in [2.75, 3.05) is 7.05 Å². The Morgan fingerprint density at radius 1 is 1.29 bits per heavy atom. The molecule has 1 unspecified atom stereocenters. The number of nitrogens with one attached hydrogen (secondary N) is 1. The molecule has 1 aliphatic heterocycles. The van der Waals surface area contributed by atoms with Crippen LogP contribution in [0.4, 0.5) is 4.79 Å². The summed E-state index contributed by atoms with van der Waals surface area (Å²) in [6.07, 6.45) is -0.543. The highest BCUT2D eigenvalue weighted by Crippen LogP contribution is 2.39. The minimum atomic E-state index is -0.589. The van der Waals surface area contributed by atoms with E-state index in [-0.39, 0.29) is 0 Å². The minimum Gasteiger partial charge on any atom is -0.453 e. The number of carbonyl (C=O) groups excluding carboxylic acids is 1. The van der Waals surface area contributed by atoms with E-state index in [1.165, 1.54) is 7.05 Å². The number of rotatable bonds is 2. The predicted molar refractivity (Wildman–Crippen MR) is 80.5 cm³/mol. The van der Waals surface area contributed by atoms with Crippen molar-refractivity contribution < 1.29 is 14.3 Å². The normalized spacial score (nSPS) is 16.0. The van der Waals surface area contributed by atoms with Gasteiger partial charge in [-0.3, -0.25) is 0 Å². The van der Waals surface area contributed by atoms with Crippen LogP contribution in [0.1, 0.15) is 5.56 Å². The molecule has 0 fully saturated rings. The first-order chi connectivity index (χ1) is 10.2. The van der Waals surface area contributed by atoms with Gasteiger partial charge < -0.3 is 14.8 Å². The Balaban J connectivity index is 1.89. The van der Waals surface area contributed by atoms with Gasteiger partial charge in [-0.2, -0.15) is 0 Å². The molecule has 1 N–H and O–H groups in total. The molecule has 0 bridgehead atoms. The van der Waals surface area contributed by atoms with E-state index in [1.807, 2.05) is 42.5 Å². The third-order valence-corrected chi connectivity index (χ3v) is 3.58. The molecule has 2 aromatic carbocycles. The zero-order chi connectivity index (χ0) is 14.8. The summed E-state index contributed by atoms with van der Waals surface area (Å²) in [5.74, 6) is 0.758. The molecule has 0 aromatic heterocycles. The van der Waals surface area contributed by atoms with E-state index in [1.54, 1.807) is 0 Å². The lowest BCUT2D eigenvalue weighted by Crippen LogP contribution is -2.28. The lowest BCUT2D eigenvalue weighted by Gasteiger charge is -2.13. The molecule has 0 saturated heterocycles. The summed E-state index contributed by atoms with van der Waals surface area (Å²) in [5, 5.41) is 3.10. The van der Waals surface area contributed by atoms with Crippen LogP contribution in [-0.4, -0.2) is 19.4 Å². The summed E-state index contributed by atoms with van der Waals surface area (Å²) in [5.41, 5.74) is 3.00. The van der Waals surface area contributed by atoms with Gasteiger partial charge in [-0.15, -0.1) is 0 Å². The fraction of sp³-hybridized carbons (Fsp3) is 0.188. The number of ether oxygens (including phenoxy) is 2. The highest BCUT2D eigenvalue weighted by atomic mass is 35.5. The van der Waals surface area contributed by atoms with Crippen LogP contribution in [0.2, 0.25) is 5.02 Å². The molecule has 0 radical (unpaired) electrons. The zero-order valence-corrected chi connectivity index (χ0v) is 12.2. The van der Waals surface area contributed by atoms with Gasteiger partial charge in [0, 0.05) is 23.2 Å². The molecule has 3 rings (SSSR count).